The molecule has 0 aliphatic heterocycles. The zero-order valence-corrected chi connectivity index (χ0v) is 23.7. The molecule has 1 amide bonds. The number of methoxy groups -OCH3 is 3. The van der Waals surface area contributed by atoms with E-state index >= 15 is 0 Å². The second kappa shape index (κ2) is 13.1. The normalized spacial score (nSPS) is 10.6. The number of aryl methyl sites for hydroxylation is 1. The molecule has 0 atom stereocenters. The third-order valence-electron chi connectivity index (χ3n) is 5.00. The van der Waals surface area contributed by atoms with Gasteiger partial charge in [-0.1, -0.05) is 28.1 Å². The molecule has 0 fully saturated rings. The molecule has 0 bridgehead atoms. The van der Waals surface area contributed by atoms with Gasteiger partial charge in [-0.15, -0.1) is 0 Å². The molecule has 0 unspecified atom stereocenters. The Morgan fingerprint density at radius 3 is 2.27 bits per heavy atom. The summed E-state index contributed by atoms with van der Waals surface area (Å²) in [6.07, 6.45) is 1.39. The highest BCUT2D eigenvalue weighted by molar-refractivity contribution is 9.11. The average molecular weight is 635 g/mol. The maximum atomic E-state index is 13.0. The number of anilines is 1. The van der Waals surface area contributed by atoms with Crippen molar-refractivity contribution in [1.29, 1.82) is 0 Å². The summed E-state index contributed by atoms with van der Waals surface area (Å²) in [5, 5.41) is 7.05. The van der Waals surface area contributed by atoms with Gasteiger partial charge in [-0.25, -0.2) is 10.2 Å². The maximum Gasteiger partial charge on any atom is 0.343 e. The van der Waals surface area contributed by atoms with Crippen LogP contribution < -0.4 is 29.7 Å². The van der Waals surface area contributed by atoms with Crippen molar-refractivity contribution in [2.24, 2.45) is 5.10 Å². The first-order chi connectivity index (χ1) is 17.7. The van der Waals surface area contributed by atoms with Crippen LogP contribution in [-0.2, 0) is 4.79 Å². The van der Waals surface area contributed by atoms with Crippen LogP contribution in [0.3, 0.4) is 0 Å². The average Bonchev–Trinajstić information content (AvgIpc) is 2.88. The van der Waals surface area contributed by atoms with E-state index in [-0.39, 0.29) is 23.8 Å². The summed E-state index contributed by atoms with van der Waals surface area (Å²) in [4.78, 5) is 25.3. The lowest BCUT2D eigenvalue weighted by atomic mass is 10.1. The fourth-order valence-electron chi connectivity index (χ4n) is 3.29. The quantitative estimate of drug-likeness (QED) is 0.134. The Bertz CT molecular complexity index is 1300. The first-order valence-corrected chi connectivity index (χ1v) is 12.5. The number of hydrogen-bond donors (Lipinski definition) is 2. The fourth-order valence-corrected chi connectivity index (χ4v) is 4.62. The molecule has 0 radical (unpaired) electrons. The van der Waals surface area contributed by atoms with Crippen LogP contribution in [-0.4, -0.2) is 46.0 Å². The minimum Gasteiger partial charge on any atom is -0.493 e. The molecule has 11 heteroatoms. The van der Waals surface area contributed by atoms with E-state index in [9.17, 15) is 9.59 Å². The summed E-state index contributed by atoms with van der Waals surface area (Å²) in [6.45, 7) is 2.00. The lowest BCUT2D eigenvalue weighted by Gasteiger charge is -2.15. The highest BCUT2D eigenvalue weighted by atomic mass is 79.9. The Morgan fingerprint density at radius 2 is 1.65 bits per heavy atom. The lowest BCUT2D eigenvalue weighted by molar-refractivity contribution is -0.119. The number of nitrogens with zero attached hydrogens (tertiary/aromatic N) is 1. The first kappa shape index (κ1) is 28.0. The van der Waals surface area contributed by atoms with Gasteiger partial charge in [0.2, 0.25) is 5.75 Å². The van der Waals surface area contributed by atoms with Crippen LogP contribution in [0.2, 0.25) is 0 Å². The van der Waals surface area contributed by atoms with Crippen LogP contribution in [0.5, 0.6) is 23.0 Å². The topological polar surface area (TPSA) is 107 Å². The fraction of sp³-hybridized carbons (Fsp3) is 0.192. The second-order valence-corrected chi connectivity index (χ2v) is 9.40. The van der Waals surface area contributed by atoms with E-state index in [0.717, 1.165) is 11.3 Å². The zero-order chi connectivity index (χ0) is 26.9. The van der Waals surface area contributed by atoms with Crippen LogP contribution in [0.4, 0.5) is 5.69 Å². The highest BCUT2D eigenvalue weighted by Crippen LogP contribution is 2.39. The number of rotatable bonds is 10. The minimum atomic E-state index is -0.664. The third-order valence-corrected chi connectivity index (χ3v) is 6.04. The number of nitrogens with one attached hydrogen (secondary N) is 2. The molecule has 37 heavy (non-hydrogen) atoms. The Hall–Kier alpha value is -3.57. The molecule has 3 aromatic carbocycles. The molecular formula is C26H25Br2N3O6. The van der Waals surface area contributed by atoms with Gasteiger partial charge in [0.15, 0.2) is 17.2 Å². The van der Waals surface area contributed by atoms with E-state index in [2.05, 4.69) is 47.7 Å². The number of halogens is 2. The third kappa shape index (κ3) is 7.46. The molecule has 194 valence electrons. The Labute approximate surface area is 231 Å². The monoisotopic (exact) mass is 633 g/mol. The minimum absolute atomic E-state index is 0.0337. The van der Waals surface area contributed by atoms with Crippen LogP contribution in [0.1, 0.15) is 21.5 Å². The van der Waals surface area contributed by atoms with Gasteiger partial charge in [0.05, 0.1) is 44.1 Å². The number of carbonyl (C=O) groups is 2. The van der Waals surface area contributed by atoms with E-state index in [1.54, 1.807) is 12.1 Å². The largest absolute Gasteiger partial charge is 0.493 e. The van der Waals surface area contributed by atoms with Gasteiger partial charge in [-0.05, 0) is 64.8 Å². The summed E-state index contributed by atoms with van der Waals surface area (Å²) in [5.41, 5.74) is 4.99. The number of amides is 1. The molecule has 0 aliphatic carbocycles. The molecule has 9 nitrogen and oxygen atoms in total. The highest BCUT2D eigenvalue weighted by Gasteiger charge is 2.20. The summed E-state index contributed by atoms with van der Waals surface area (Å²) < 4.78 is 22.8. The Morgan fingerprint density at radius 1 is 0.946 bits per heavy atom. The van der Waals surface area contributed by atoms with Crippen LogP contribution >= 0.6 is 31.9 Å². The Balaban J connectivity index is 1.76. The van der Waals surface area contributed by atoms with Crippen molar-refractivity contribution >= 4 is 55.6 Å². The standard InChI is InChI=1S/C26H25Br2N3O6/c1-15-6-5-7-19(8-15)29-14-23(32)31-30-13-17-9-18(27)12-20(28)24(17)37-26(33)16-10-21(34-2)25(36-4)22(11-16)35-3/h5-13,29H,14H2,1-4H3,(H,31,32). The molecule has 0 saturated heterocycles. The lowest BCUT2D eigenvalue weighted by Crippen LogP contribution is -2.25. The van der Waals surface area contributed by atoms with Crippen molar-refractivity contribution in [1.82, 2.24) is 5.43 Å². The van der Waals surface area contributed by atoms with E-state index < -0.39 is 5.97 Å². The predicted molar refractivity (Wildman–Crippen MR) is 148 cm³/mol. The van der Waals surface area contributed by atoms with E-state index in [1.807, 2.05) is 31.2 Å². The molecule has 2 N–H and O–H groups in total. The molecule has 0 aliphatic rings. The van der Waals surface area contributed by atoms with Crippen LogP contribution in [0.25, 0.3) is 0 Å². The number of ether oxygens (including phenoxy) is 4. The molecule has 3 aromatic rings. The first-order valence-electron chi connectivity index (χ1n) is 10.9. The van der Waals surface area contributed by atoms with Crippen molar-refractivity contribution < 1.29 is 28.5 Å². The zero-order valence-electron chi connectivity index (χ0n) is 20.6. The van der Waals surface area contributed by atoms with Gasteiger partial charge < -0.3 is 24.3 Å². The van der Waals surface area contributed by atoms with Crippen molar-refractivity contribution in [2.75, 3.05) is 33.2 Å². The molecule has 0 saturated carbocycles. The smallest absolute Gasteiger partial charge is 0.343 e. The van der Waals surface area contributed by atoms with Crippen molar-refractivity contribution in [3.8, 4) is 23.0 Å². The molecule has 0 heterocycles. The van der Waals surface area contributed by atoms with Gasteiger partial charge in [0.25, 0.3) is 5.91 Å². The Kier molecular flexibility index (Phi) is 9.93. The molecular weight excluding hydrogens is 610 g/mol. The van der Waals surface area contributed by atoms with Gasteiger partial charge in [-0.3, -0.25) is 4.79 Å². The van der Waals surface area contributed by atoms with Crippen LogP contribution in [0.15, 0.2) is 62.6 Å². The molecule has 3 rings (SSSR count). The number of hydrogen-bond acceptors (Lipinski definition) is 8. The molecule has 0 spiro atoms. The van der Waals surface area contributed by atoms with E-state index in [0.29, 0.717) is 31.8 Å². The van der Waals surface area contributed by atoms with Gasteiger partial charge in [0.1, 0.15) is 0 Å². The van der Waals surface area contributed by atoms with Gasteiger partial charge >= 0.3 is 5.97 Å². The number of benzene rings is 3. The number of hydrazone groups is 1. The summed E-state index contributed by atoms with van der Waals surface area (Å²) in [5.74, 6) is 0.177. The maximum absolute atomic E-state index is 13.0. The predicted octanol–water partition coefficient (Wildman–Crippen LogP) is 5.33. The van der Waals surface area contributed by atoms with Crippen molar-refractivity contribution in [2.45, 2.75) is 6.92 Å². The number of esters is 1. The van der Waals surface area contributed by atoms with Crippen LogP contribution in [0, 0.1) is 6.92 Å². The van der Waals surface area contributed by atoms with Crippen molar-refractivity contribution in [3.63, 3.8) is 0 Å². The van der Waals surface area contributed by atoms with E-state index in [4.69, 9.17) is 18.9 Å². The second-order valence-electron chi connectivity index (χ2n) is 7.63. The number of carbonyl (C=O) groups excluding carboxylic acids is 2. The SMILES string of the molecule is COc1cc(C(=O)Oc2c(Br)cc(Br)cc2C=NNC(=O)CNc2cccc(C)c2)cc(OC)c1OC. The van der Waals surface area contributed by atoms with Crippen molar-refractivity contribution in [3.05, 3.63) is 74.2 Å². The summed E-state index contributed by atoms with van der Waals surface area (Å²) >= 11 is 6.83. The summed E-state index contributed by atoms with van der Waals surface area (Å²) in [6, 6.07) is 14.1. The summed E-state index contributed by atoms with van der Waals surface area (Å²) in [7, 11) is 4.38. The van der Waals surface area contributed by atoms with E-state index in [1.165, 1.54) is 39.7 Å². The van der Waals surface area contributed by atoms with Gasteiger partial charge in [-0.2, -0.15) is 5.10 Å². The molecule has 0 aromatic heterocycles. The van der Waals surface area contributed by atoms with Gasteiger partial charge in [0, 0.05) is 15.7 Å².